The van der Waals surface area contributed by atoms with Crippen LogP contribution in [0.4, 0.5) is 0 Å². The van der Waals surface area contributed by atoms with E-state index in [1.165, 1.54) is 24.3 Å². The normalized spacial score (nSPS) is 26.1. The van der Waals surface area contributed by atoms with E-state index in [9.17, 15) is 28.0 Å². The Kier molecular flexibility index (Phi) is 13.1. The molecule has 24 heteroatoms. The number of phosphoric acid groups is 4. The number of ether oxygens (including phenoxy) is 1. The molecule has 1 fully saturated rings. The fraction of sp³-hybridized carbons (Fsp3) is 0.571. The zero-order valence-electron chi connectivity index (χ0n) is 19.6. The quantitative estimate of drug-likeness (QED) is 0.107. The average Bonchev–Trinajstić information content (AvgIpc) is 3.11. The van der Waals surface area contributed by atoms with Crippen LogP contribution in [0.25, 0.3) is 0 Å². The topological polar surface area (TPSA) is 219 Å². The zero-order valence-corrected chi connectivity index (χ0v) is 24.0. The lowest BCUT2D eigenvalue weighted by Gasteiger charge is -2.24. The van der Waals surface area contributed by atoms with Gasteiger partial charge in [0, 0.05) is 11.0 Å². The Morgan fingerprint density at radius 3 is 2.08 bits per heavy atom. The Morgan fingerprint density at radius 1 is 0.921 bits per heavy atom. The number of halogens is 1. The van der Waals surface area contributed by atoms with Gasteiger partial charge in [-0.15, -0.1) is 14.0 Å². The predicted molar refractivity (Wildman–Crippen MR) is 123 cm³/mol. The van der Waals surface area contributed by atoms with Gasteiger partial charge in [-0.2, -0.15) is 8.62 Å². The van der Waals surface area contributed by atoms with E-state index in [-0.39, 0.29) is 12.2 Å². The standard InChI is InChI=1S/C14H22BClO18P4/c1-23-30-36(19,20)33-38(22,32-25-3)34-37(21,31-24-2)26-9-13-12(8-14(15)27-13)29-35(17,18)28-11-6-4-10(16)5-7-11/h4-7,12-14H,8-9H2,1-3H3,(H,17,18)(H,19,20). The van der Waals surface area contributed by atoms with Gasteiger partial charge in [0.15, 0.2) is 0 Å². The molecule has 7 unspecified atom stereocenters. The first kappa shape index (κ1) is 34.0. The lowest BCUT2D eigenvalue weighted by molar-refractivity contribution is -0.215. The summed E-state index contributed by atoms with van der Waals surface area (Å²) in [6, 6.07) is 4.40. The summed E-state index contributed by atoms with van der Waals surface area (Å²) >= 11 is 5.76. The molecule has 0 saturated carbocycles. The van der Waals surface area contributed by atoms with Crippen LogP contribution in [0.5, 0.6) is 5.75 Å². The number of rotatable bonds is 17. The van der Waals surface area contributed by atoms with Crippen LogP contribution in [-0.4, -0.2) is 63.8 Å². The van der Waals surface area contributed by atoms with Gasteiger partial charge in [0.05, 0.1) is 27.9 Å². The highest BCUT2D eigenvalue weighted by Crippen LogP contribution is 2.72. The molecule has 0 aliphatic carbocycles. The van der Waals surface area contributed by atoms with Crippen LogP contribution in [0.1, 0.15) is 6.42 Å². The van der Waals surface area contributed by atoms with E-state index in [0.717, 1.165) is 21.3 Å². The summed E-state index contributed by atoms with van der Waals surface area (Å²) in [5.41, 5.74) is 0. The van der Waals surface area contributed by atoms with Crippen molar-refractivity contribution >= 4 is 50.7 Å². The van der Waals surface area contributed by atoms with Gasteiger partial charge in [-0.3, -0.25) is 13.9 Å². The highest BCUT2D eigenvalue weighted by molar-refractivity contribution is 7.67. The van der Waals surface area contributed by atoms with Crippen molar-refractivity contribution in [1.29, 1.82) is 0 Å². The lowest BCUT2D eigenvalue weighted by atomic mass is 9.96. The molecular weight excluding hydrogens is 626 g/mol. The minimum atomic E-state index is -5.43. The number of hydrogen-bond donors (Lipinski definition) is 2. The highest BCUT2D eigenvalue weighted by atomic mass is 35.5. The Labute approximate surface area is 222 Å². The molecule has 18 nitrogen and oxygen atoms in total. The molecule has 7 atom stereocenters. The Bertz CT molecular complexity index is 1090. The second-order valence-corrected chi connectivity index (χ2v) is 13.2. The zero-order chi connectivity index (χ0) is 28.6. The van der Waals surface area contributed by atoms with Crippen LogP contribution >= 0.6 is 42.9 Å². The molecule has 0 bridgehead atoms. The van der Waals surface area contributed by atoms with Gasteiger partial charge >= 0.3 is 31.3 Å². The van der Waals surface area contributed by atoms with E-state index in [1.807, 2.05) is 0 Å². The van der Waals surface area contributed by atoms with Gasteiger partial charge in [0.25, 0.3) is 0 Å². The van der Waals surface area contributed by atoms with Gasteiger partial charge in [0.2, 0.25) is 0 Å². The molecule has 1 heterocycles. The van der Waals surface area contributed by atoms with Gasteiger partial charge in [-0.1, -0.05) is 11.6 Å². The highest BCUT2D eigenvalue weighted by Gasteiger charge is 2.49. The monoisotopic (exact) mass is 648 g/mol. The lowest BCUT2D eigenvalue weighted by Crippen LogP contribution is -2.29. The fourth-order valence-corrected chi connectivity index (χ4v) is 7.68. The smallest absolute Gasteiger partial charge is 0.404 e. The van der Waals surface area contributed by atoms with E-state index >= 15 is 0 Å². The molecule has 0 spiro atoms. The molecule has 216 valence electrons. The maximum Gasteiger partial charge on any atom is 0.527 e. The molecule has 1 aliphatic heterocycles. The van der Waals surface area contributed by atoms with E-state index in [4.69, 9.17) is 37.8 Å². The summed E-state index contributed by atoms with van der Waals surface area (Å²) in [5.74, 6) is -0.0461. The molecule has 0 aromatic heterocycles. The molecule has 1 aliphatic rings. The minimum absolute atomic E-state index is 0.0461. The van der Waals surface area contributed by atoms with Crippen LogP contribution in [0, 0.1) is 0 Å². The maximum absolute atomic E-state index is 13.0. The van der Waals surface area contributed by atoms with Crippen LogP contribution in [0.2, 0.25) is 5.02 Å². The summed E-state index contributed by atoms with van der Waals surface area (Å²) in [5, 5.41) is 0.349. The molecule has 38 heavy (non-hydrogen) atoms. The van der Waals surface area contributed by atoms with Crippen molar-refractivity contribution in [2.75, 3.05) is 27.9 Å². The third-order valence-electron chi connectivity index (χ3n) is 3.83. The molecule has 1 saturated heterocycles. The second kappa shape index (κ2) is 14.6. The summed E-state index contributed by atoms with van der Waals surface area (Å²) in [6.45, 7) is -0.835. The van der Waals surface area contributed by atoms with Crippen molar-refractivity contribution in [2.45, 2.75) is 24.6 Å². The van der Waals surface area contributed by atoms with E-state index in [2.05, 4.69) is 37.3 Å². The SMILES string of the molecule is [B]C1CC(OP(=O)(O)Oc2ccc(Cl)cc2)C(COP(=O)(OOC)OP(=O)(OOC)OP(=O)(O)OOC)O1. The minimum Gasteiger partial charge on any atom is -0.404 e. The average molecular weight is 648 g/mol. The molecule has 2 radical (unpaired) electrons. The fourth-order valence-electron chi connectivity index (χ4n) is 2.63. The molecule has 2 rings (SSSR count). The first-order valence-electron chi connectivity index (χ1n) is 9.78. The van der Waals surface area contributed by atoms with Crippen molar-refractivity contribution in [3.05, 3.63) is 29.3 Å². The van der Waals surface area contributed by atoms with Crippen LogP contribution in [0.3, 0.4) is 0 Å². The van der Waals surface area contributed by atoms with Crippen molar-refractivity contribution in [2.24, 2.45) is 0 Å². The second-order valence-electron chi connectivity index (χ2n) is 6.65. The first-order chi connectivity index (χ1) is 17.6. The predicted octanol–water partition coefficient (Wildman–Crippen LogP) is 3.59. The molecule has 1 aromatic carbocycles. The van der Waals surface area contributed by atoms with Crippen molar-refractivity contribution in [3.8, 4) is 5.75 Å². The Balaban J connectivity index is 2.13. The Morgan fingerprint density at radius 2 is 1.50 bits per heavy atom. The van der Waals surface area contributed by atoms with Gasteiger partial charge in [-0.05, 0) is 30.7 Å². The molecule has 2 N–H and O–H groups in total. The van der Waals surface area contributed by atoms with Gasteiger partial charge in [0.1, 0.15) is 25.8 Å². The summed E-state index contributed by atoms with van der Waals surface area (Å²) in [6.07, 6.45) is -2.76. The number of hydrogen-bond acceptors (Lipinski definition) is 16. The van der Waals surface area contributed by atoms with Crippen molar-refractivity contribution in [1.82, 2.24) is 0 Å². The van der Waals surface area contributed by atoms with Crippen molar-refractivity contribution < 1.29 is 83.7 Å². The third kappa shape index (κ3) is 11.3. The summed E-state index contributed by atoms with van der Waals surface area (Å²) < 4.78 is 91.4. The third-order valence-corrected chi connectivity index (χ3v) is 9.75. The van der Waals surface area contributed by atoms with Crippen LogP contribution in [-0.2, 0) is 69.4 Å². The Hall–Kier alpha value is -0.225. The van der Waals surface area contributed by atoms with Gasteiger partial charge < -0.3 is 14.2 Å². The number of phosphoric ester groups is 1. The van der Waals surface area contributed by atoms with E-state index in [1.54, 1.807) is 0 Å². The van der Waals surface area contributed by atoms with Crippen LogP contribution in [0.15, 0.2) is 24.3 Å². The molecule has 0 amide bonds. The first-order valence-corrected chi connectivity index (χ1v) is 16.1. The van der Waals surface area contributed by atoms with Gasteiger partial charge in [-0.25, -0.2) is 32.9 Å². The van der Waals surface area contributed by atoms with E-state index in [0.29, 0.717) is 5.02 Å². The number of benzene rings is 1. The molecule has 1 aromatic rings. The van der Waals surface area contributed by atoms with E-state index < -0.39 is 56.1 Å². The van der Waals surface area contributed by atoms with Crippen LogP contribution < -0.4 is 4.52 Å². The molecular formula is C14H22BClO18P4. The maximum atomic E-state index is 13.0. The summed E-state index contributed by atoms with van der Waals surface area (Å²) in [7, 11) is -12.5. The largest absolute Gasteiger partial charge is 0.527 e. The van der Waals surface area contributed by atoms with Crippen molar-refractivity contribution in [3.63, 3.8) is 0 Å². The summed E-state index contributed by atoms with van der Waals surface area (Å²) in [4.78, 5) is 31.9.